The van der Waals surface area contributed by atoms with Crippen molar-refractivity contribution in [3.8, 4) is 0 Å². The smallest absolute Gasteiger partial charge is 0.244 e. The number of anilines is 1. The summed E-state index contributed by atoms with van der Waals surface area (Å²) in [7, 11) is 0. The van der Waals surface area contributed by atoms with Crippen molar-refractivity contribution in [2.45, 2.75) is 13.3 Å². The van der Waals surface area contributed by atoms with Crippen LogP contribution in [0.15, 0.2) is 36.4 Å². The van der Waals surface area contributed by atoms with Crippen LogP contribution in [0.5, 0.6) is 0 Å². The third kappa shape index (κ3) is 2.39. The molecule has 4 aliphatic carbocycles. The Hall–Kier alpha value is -2.76. The molecule has 1 heterocycles. The lowest BCUT2D eigenvalue weighted by molar-refractivity contribution is -0.142. The zero-order chi connectivity index (χ0) is 18.9. The molecule has 5 aliphatic rings. The first-order valence-corrected chi connectivity index (χ1v) is 9.40. The fourth-order valence-corrected chi connectivity index (χ4v) is 5.33. The number of nitrogens with zero attached hydrogens (tertiary/aromatic N) is 1. The molecule has 2 bridgehead atoms. The van der Waals surface area contributed by atoms with E-state index in [2.05, 4.69) is 17.5 Å². The van der Waals surface area contributed by atoms with E-state index in [1.54, 1.807) is 24.3 Å². The Morgan fingerprint density at radius 3 is 2.30 bits per heavy atom. The van der Waals surface area contributed by atoms with Crippen LogP contribution in [0.1, 0.15) is 23.7 Å². The van der Waals surface area contributed by atoms with Crippen molar-refractivity contribution in [1.29, 1.82) is 0 Å². The summed E-state index contributed by atoms with van der Waals surface area (Å²) in [6.45, 7) is 1.18. The zero-order valence-electron chi connectivity index (χ0n) is 14.9. The molecule has 6 heteroatoms. The van der Waals surface area contributed by atoms with Crippen LogP contribution < -0.4 is 5.32 Å². The number of amides is 3. The van der Waals surface area contributed by atoms with Gasteiger partial charge in [0.2, 0.25) is 17.7 Å². The van der Waals surface area contributed by atoms with E-state index in [-0.39, 0.29) is 47.8 Å². The standard InChI is InChI=1S/C21H20N2O4/c1-10(24)11-3-2-4-12(7-11)22-17(25)9-23-20(26)18-13-5-6-14(16-8-15(13)16)19(18)21(23)27/h2-7,13-16,18-19H,8-9H2,1H3,(H,22,25)/t13-,14-,15-,16+,18-,19+/m0/s1. The van der Waals surface area contributed by atoms with Crippen molar-refractivity contribution >= 4 is 29.2 Å². The van der Waals surface area contributed by atoms with E-state index in [0.29, 0.717) is 23.1 Å². The SMILES string of the molecule is CC(=O)c1cccc(NC(=O)CN2C(=O)[C@@H]3[C@H]4C=C[C@@H]([C@@H]5C[C@H]45)[C@@H]3C2=O)c1. The fourth-order valence-electron chi connectivity index (χ4n) is 5.33. The number of allylic oxidation sites excluding steroid dienone is 2. The molecule has 138 valence electrons. The fraction of sp³-hybridized carbons (Fsp3) is 0.429. The maximum Gasteiger partial charge on any atom is 0.244 e. The molecular weight excluding hydrogens is 344 g/mol. The maximum absolute atomic E-state index is 12.9. The van der Waals surface area contributed by atoms with E-state index in [9.17, 15) is 19.2 Å². The van der Waals surface area contributed by atoms with Crippen LogP contribution >= 0.6 is 0 Å². The molecule has 6 rings (SSSR count). The molecule has 1 aliphatic heterocycles. The quantitative estimate of drug-likeness (QED) is 0.502. The first-order valence-electron chi connectivity index (χ1n) is 9.40. The summed E-state index contributed by atoms with van der Waals surface area (Å²) in [6, 6.07) is 6.62. The summed E-state index contributed by atoms with van der Waals surface area (Å²) in [5, 5.41) is 2.69. The number of likely N-dealkylation sites (tertiary alicyclic amines) is 1. The van der Waals surface area contributed by atoms with Gasteiger partial charge in [0.1, 0.15) is 6.54 Å². The highest BCUT2D eigenvalue weighted by Crippen LogP contribution is 2.65. The molecule has 3 fully saturated rings. The second-order valence-corrected chi connectivity index (χ2v) is 8.10. The Labute approximate surface area is 156 Å². The van der Waals surface area contributed by atoms with E-state index >= 15 is 0 Å². The number of rotatable bonds is 4. The van der Waals surface area contributed by atoms with Gasteiger partial charge in [0.05, 0.1) is 11.8 Å². The third-order valence-corrected chi connectivity index (χ3v) is 6.61. The van der Waals surface area contributed by atoms with Crippen molar-refractivity contribution < 1.29 is 19.2 Å². The molecule has 6 atom stereocenters. The van der Waals surface area contributed by atoms with Crippen LogP contribution in [0.2, 0.25) is 0 Å². The van der Waals surface area contributed by atoms with Gasteiger partial charge in [-0.25, -0.2) is 0 Å². The van der Waals surface area contributed by atoms with Gasteiger partial charge in [-0.1, -0.05) is 24.3 Å². The van der Waals surface area contributed by atoms with E-state index in [1.807, 2.05) is 0 Å². The summed E-state index contributed by atoms with van der Waals surface area (Å²) in [6.07, 6.45) is 5.34. The normalized spacial score (nSPS) is 35.1. The number of imide groups is 1. The second-order valence-electron chi connectivity index (χ2n) is 8.10. The first-order chi connectivity index (χ1) is 13.0. The Morgan fingerprint density at radius 1 is 1.07 bits per heavy atom. The number of ketones is 1. The summed E-state index contributed by atoms with van der Waals surface area (Å²) >= 11 is 0. The minimum atomic E-state index is -0.429. The van der Waals surface area contributed by atoms with Gasteiger partial charge >= 0.3 is 0 Å². The third-order valence-electron chi connectivity index (χ3n) is 6.61. The number of Topliss-reactive ketones (excluding diaryl/α,β-unsaturated/α-hetero) is 1. The second kappa shape index (κ2) is 5.62. The van der Waals surface area contributed by atoms with Crippen molar-refractivity contribution in [1.82, 2.24) is 4.90 Å². The molecule has 6 nitrogen and oxygen atoms in total. The molecule has 1 saturated heterocycles. The average Bonchev–Trinajstić information content (AvgIpc) is 3.43. The predicted molar refractivity (Wildman–Crippen MR) is 96.5 cm³/mol. The molecule has 0 spiro atoms. The maximum atomic E-state index is 12.9. The number of carbonyl (C=O) groups excluding carboxylic acids is 4. The van der Waals surface area contributed by atoms with Crippen molar-refractivity contribution in [3.05, 3.63) is 42.0 Å². The van der Waals surface area contributed by atoms with E-state index in [1.165, 1.54) is 6.92 Å². The molecule has 1 aromatic carbocycles. The van der Waals surface area contributed by atoms with Crippen molar-refractivity contribution in [3.63, 3.8) is 0 Å². The van der Waals surface area contributed by atoms with Gasteiger partial charge in [0, 0.05) is 11.3 Å². The largest absolute Gasteiger partial charge is 0.325 e. The van der Waals surface area contributed by atoms with Gasteiger partial charge in [-0.2, -0.15) is 0 Å². The molecule has 1 N–H and O–H groups in total. The molecule has 0 radical (unpaired) electrons. The van der Waals surface area contributed by atoms with Crippen LogP contribution in [0, 0.1) is 35.5 Å². The lowest BCUT2D eigenvalue weighted by Gasteiger charge is -2.37. The van der Waals surface area contributed by atoms with Crippen molar-refractivity contribution in [2.24, 2.45) is 35.5 Å². The Kier molecular flexibility index (Phi) is 3.41. The van der Waals surface area contributed by atoms with Crippen molar-refractivity contribution in [2.75, 3.05) is 11.9 Å². The minimum Gasteiger partial charge on any atom is -0.325 e. The molecular formula is C21H20N2O4. The number of hydrogen-bond donors (Lipinski definition) is 1. The highest BCUT2D eigenvalue weighted by atomic mass is 16.2. The van der Waals surface area contributed by atoms with Crippen LogP contribution in [0.25, 0.3) is 0 Å². The molecule has 0 unspecified atom stereocenters. The van der Waals surface area contributed by atoms with E-state index in [4.69, 9.17) is 0 Å². The molecule has 27 heavy (non-hydrogen) atoms. The van der Waals surface area contributed by atoms with Crippen LogP contribution in [-0.2, 0) is 14.4 Å². The Bertz CT molecular complexity index is 885. The van der Waals surface area contributed by atoms with Gasteiger partial charge in [-0.05, 0) is 49.1 Å². The Balaban J connectivity index is 1.31. The summed E-state index contributed by atoms with van der Waals surface area (Å²) in [5.74, 6) is -0.117. The lowest BCUT2D eigenvalue weighted by Crippen LogP contribution is -2.40. The first kappa shape index (κ1) is 16.4. The Morgan fingerprint density at radius 2 is 1.70 bits per heavy atom. The number of carbonyl (C=O) groups is 4. The average molecular weight is 364 g/mol. The predicted octanol–water partition coefficient (Wildman–Crippen LogP) is 1.88. The number of benzene rings is 1. The number of hydrogen-bond acceptors (Lipinski definition) is 4. The number of nitrogens with one attached hydrogen (secondary N) is 1. The van der Waals surface area contributed by atoms with Gasteiger partial charge in [0.25, 0.3) is 0 Å². The molecule has 0 aromatic heterocycles. The monoisotopic (exact) mass is 364 g/mol. The van der Waals surface area contributed by atoms with Gasteiger partial charge in [-0.3, -0.25) is 24.1 Å². The summed E-state index contributed by atoms with van der Waals surface area (Å²) < 4.78 is 0. The highest BCUT2D eigenvalue weighted by Gasteiger charge is 2.67. The summed E-state index contributed by atoms with van der Waals surface area (Å²) in [5.41, 5.74) is 0.973. The topological polar surface area (TPSA) is 83.6 Å². The van der Waals surface area contributed by atoms with Crippen LogP contribution in [0.3, 0.4) is 0 Å². The van der Waals surface area contributed by atoms with Gasteiger partial charge < -0.3 is 5.32 Å². The highest BCUT2D eigenvalue weighted by molar-refractivity contribution is 6.09. The lowest BCUT2D eigenvalue weighted by atomic mass is 9.63. The van der Waals surface area contributed by atoms with Crippen LogP contribution in [-0.4, -0.2) is 34.9 Å². The van der Waals surface area contributed by atoms with Crippen LogP contribution in [0.4, 0.5) is 5.69 Å². The molecule has 2 saturated carbocycles. The van der Waals surface area contributed by atoms with Gasteiger partial charge in [0.15, 0.2) is 5.78 Å². The molecule has 3 amide bonds. The van der Waals surface area contributed by atoms with Gasteiger partial charge in [-0.15, -0.1) is 0 Å². The molecule has 1 aromatic rings. The van der Waals surface area contributed by atoms with E-state index in [0.717, 1.165) is 11.3 Å². The zero-order valence-corrected chi connectivity index (χ0v) is 14.9. The minimum absolute atomic E-state index is 0.0957. The summed E-state index contributed by atoms with van der Waals surface area (Å²) in [4.78, 5) is 50.8. The van der Waals surface area contributed by atoms with E-state index < -0.39 is 5.91 Å².